The highest BCUT2D eigenvalue weighted by Crippen LogP contribution is 2.23. The maximum Gasteiger partial charge on any atom is 0.195 e. The van der Waals surface area contributed by atoms with E-state index >= 15 is 0 Å². The van der Waals surface area contributed by atoms with E-state index in [1.807, 2.05) is 0 Å². The van der Waals surface area contributed by atoms with Crippen LogP contribution < -0.4 is 5.32 Å². The second-order valence-electron chi connectivity index (χ2n) is 3.52. The molecule has 2 heterocycles. The topological polar surface area (TPSA) is 29.3 Å². The van der Waals surface area contributed by atoms with Crippen molar-refractivity contribution in [3.8, 4) is 0 Å². The number of nitrogens with one attached hydrogen (secondary N) is 1. The average molecular weight is 244 g/mol. The third-order valence-electron chi connectivity index (χ3n) is 2.21. The minimum absolute atomic E-state index is 0.616. The molecule has 1 N–H and O–H groups in total. The molecule has 0 aromatic carbocycles. The van der Waals surface area contributed by atoms with Gasteiger partial charge >= 0.3 is 0 Å². The zero-order valence-corrected chi connectivity index (χ0v) is 10.5. The number of imidazole rings is 1. The average Bonchev–Trinajstić information content (AvgIpc) is 2.65. The monoisotopic (exact) mass is 243 g/mol. The standard InChI is InChI=1S/C10H14ClN3S/c1-3-4-12-5-8-9(11)13-10-14(8)6-7(2)15-10/h6,12H,3-5H2,1-2H3. The Hall–Kier alpha value is -0.580. The molecule has 82 valence electrons. The molecule has 0 fully saturated rings. The molecule has 0 unspecified atom stereocenters. The molecule has 15 heavy (non-hydrogen) atoms. The molecule has 0 atom stereocenters. The van der Waals surface area contributed by atoms with E-state index in [4.69, 9.17) is 11.6 Å². The van der Waals surface area contributed by atoms with Crippen LogP contribution in [-0.2, 0) is 6.54 Å². The zero-order valence-electron chi connectivity index (χ0n) is 8.88. The highest BCUT2D eigenvalue weighted by atomic mass is 35.5. The van der Waals surface area contributed by atoms with E-state index < -0.39 is 0 Å². The second kappa shape index (κ2) is 4.51. The van der Waals surface area contributed by atoms with Crippen molar-refractivity contribution in [2.24, 2.45) is 0 Å². The third kappa shape index (κ3) is 2.17. The Morgan fingerprint density at radius 2 is 2.40 bits per heavy atom. The maximum absolute atomic E-state index is 6.07. The van der Waals surface area contributed by atoms with Gasteiger partial charge in [-0.15, -0.1) is 11.3 Å². The lowest BCUT2D eigenvalue weighted by Gasteiger charge is -2.01. The van der Waals surface area contributed by atoms with Crippen LogP contribution in [0.1, 0.15) is 23.9 Å². The highest BCUT2D eigenvalue weighted by molar-refractivity contribution is 7.17. The Morgan fingerprint density at radius 3 is 3.13 bits per heavy atom. The van der Waals surface area contributed by atoms with Crippen LogP contribution in [0.2, 0.25) is 5.15 Å². The molecule has 0 saturated heterocycles. The Morgan fingerprint density at radius 1 is 1.60 bits per heavy atom. The first-order chi connectivity index (χ1) is 7.22. The summed E-state index contributed by atoms with van der Waals surface area (Å²) in [4.78, 5) is 6.55. The van der Waals surface area contributed by atoms with Crippen LogP contribution in [0, 0.1) is 6.92 Å². The van der Waals surface area contributed by atoms with Crippen molar-refractivity contribution in [1.82, 2.24) is 14.7 Å². The summed E-state index contributed by atoms with van der Waals surface area (Å²) in [7, 11) is 0. The van der Waals surface area contributed by atoms with Gasteiger partial charge in [0.05, 0.1) is 5.69 Å². The van der Waals surface area contributed by atoms with Gasteiger partial charge in [-0.25, -0.2) is 4.98 Å². The quantitative estimate of drug-likeness (QED) is 0.837. The lowest BCUT2D eigenvalue weighted by Crippen LogP contribution is -2.15. The van der Waals surface area contributed by atoms with Crippen molar-refractivity contribution in [3.05, 3.63) is 21.9 Å². The number of hydrogen-bond donors (Lipinski definition) is 1. The molecule has 0 spiro atoms. The Balaban J connectivity index is 2.27. The number of hydrogen-bond acceptors (Lipinski definition) is 3. The van der Waals surface area contributed by atoms with Gasteiger partial charge in [0.15, 0.2) is 10.1 Å². The van der Waals surface area contributed by atoms with E-state index in [2.05, 4.69) is 34.7 Å². The first kappa shape index (κ1) is 10.9. The molecule has 0 aliphatic carbocycles. The largest absolute Gasteiger partial charge is 0.311 e. The van der Waals surface area contributed by atoms with Gasteiger partial charge in [0.25, 0.3) is 0 Å². The SMILES string of the molecule is CCCNCc1c(Cl)nc2sc(C)cn12. The van der Waals surface area contributed by atoms with Gasteiger partial charge in [0, 0.05) is 17.6 Å². The lowest BCUT2D eigenvalue weighted by molar-refractivity contribution is 0.661. The molecule has 0 aliphatic heterocycles. The molecular formula is C10H14ClN3S. The Bertz CT molecular complexity index is 460. The summed E-state index contributed by atoms with van der Waals surface area (Å²) in [5, 5.41) is 3.95. The summed E-state index contributed by atoms with van der Waals surface area (Å²) in [5.74, 6) is 0. The van der Waals surface area contributed by atoms with Crippen molar-refractivity contribution in [2.45, 2.75) is 26.8 Å². The van der Waals surface area contributed by atoms with Crippen LogP contribution in [0.3, 0.4) is 0 Å². The molecule has 5 heteroatoms. The Kier molecular flexibility index (Phi) is 3.29. The summed E-state index contributed by atoms with van der Waals surface area (Å²) in [6.07, 6.45) is 3.21. The van der Waals surface area contributed by atoms with E-state index in [0.29, 0.717) is 5.15 Å². The third-order valence-corrected chi connectivity index (χ3v) is 3.41. The number of thiazole rings is 1. The summed E-state index contributed by atoms with van der Waals surface area (Å²) in [6, 6.07) is 0. The summed E-state index contributed by atoms with van der Waals surface area (Å²) >= 11 is 7.74. The van der Waals surface area contributed by atoms with Gasteiger partial charge in [-0.1, -0.05) is 18.5 Å². The molecular weight excluding hydrogens is 230 g/mol. The van der Waals surface area contributed by atoms with E-state index in [1.165, 1.54) is 4.88 Å². The van der Waals surface area contributed by atoms with Gasteiger partial charge < -0.3 is 5.32 Å². The summed E-state index contributed by atoms with van der Waals surface area (Å²) in [6.45, 7) is 6.02. The van der Waals surface area contributed by atoms with E-state index in [9.17, 15) is 0 Å². The number of aromatic nitrogens is 2. The first-order valence-corrected chi connectivity index (χ1v) is 6.25. The maximum atomic E-state index is 6.07. The number of aryl methyl sites for hydroxylation is 1. The van der Waals surface area contributed by atoms with Crippen molar-refractivity contribution >= 4 is 27.9 Å². The van der Waals surface area contributed by atoms with Crippen molar-refractivity contribution in [1.29, 1.82) is 0 Å². The second-order valence-corrected chi connectivity index (χ2v) is 5.09. The minimum atomic E-state index is 0.616. The zero-order chi connectivity index (χ0) is 10.8. The van der Waals surface area contributed by atoms with E-state index in [1.54, 1.807) is 11.3 Å². The first-order valence-electron chi connectivity index (χ1n) is 5.06. The smallest absolute Gasteiger partial charge is 0.195 e. The Labute approximate surface area is 98.1 Å². The highest BCUT2D eigenvalue weighted by Gasteiger charge is 2.11. The molecule has 0 aliphatic rings. The predicted octanol–water partition coefficient (Wildman–Crippen LogP) is 2.86. The minimum Gasteiger partial charge on any atom is -0.311 e. The van der Waals surface area contributed by atoms with Gasteiger partial charge in [0.1, 0.15) is 0 Å². The van der Waals surface area contributed by atoms with Gasteiger partial charge in [0.2, 0.25) is 0 Å². The summed E-state index contributed by atoms with van der Waals surface area (Å²) < 4.78 is 2.07. The number of fused-ring (bicyclic) bond motifs is 1. The fourth-order valence-electron chi connectivity index (χ4n) is 1.52. The van der Waals surface area contributed by atoms with Crippen LogP contribution in [0.5, 0.6) is 0 Å². The molecule has 0 saturated carbocycles. The van der Waals surface area contributed by atoms with Crippen molar-refractivity contribution in [2.75, 3.05) is 6.54 Å². The van der Waals surface area contributed by atoms with Gasteiger partial charge in [-0.05, 0) is 19.9 Å². The number of halogens is 1. The number of nitrogens with zero attached hydrogens (tertiary/aromatic N) is 2. The normalized spacial score (nSPS) is 11.4. The molecule has 0 bridgehead atoms. The summed E-state index contributed by atoms with van der Waals surface area (Å²) in [5.41, 5.74) is 1.06. The van der Waals surface area contributed by atoms with Crippen LogP contribution >= 0.6 is 22.9 Å². The van der Waals surface area contributed by atoms with Crippen LogP contribution in [0.15, 0.2) is 6.20 Å². The van der Waals surface area contributed by atoms with Gasteiger partial charge in [-0.3, -0.25) is 4.40 Å². The van der Waals surface area contributed by atoms with Crippen molar-refractivity contribution < 1.29 is 0 Å². The molecule has 3 nitrogen and oxygen atoms in total. The van der Waals surface area contributed by atoms with Crippen LogP contribution in [0.4, 0.5) is 0 Å². The molecule has 2 rings (SSSR count). The van der Waals surface area contributed by atoms with Gasteiger partial charge in [-0.2, -0.15) is 0 Å². The molecule has 0 amide bonds. The molecule has 2 aromatic rings. The predicted molar refractivity (Wildman–Crippen MR) is 64.8 cm³/mol. The fourth-order valence-corrected chi connectivity index (χ4v) is 2.65. The molecule has 0 radical (unpaired) electrons. The van der Waals surface area contributed by atoms with Crippen LogP contribution in [0.25, 0.3) is 4.96 Å². The lowest BCUT2D eigenvalue weighted by atomic mass is 10.4. The van der Waals surface area contributed by atoms with Crippen molar-refractivity contribution in [3.63, 3.8) is 0 Å². The van der Waals surface area contributed by atoms with E-state index in [-0.39, 0.29) is 0 Å². The fraction of sp³-hybridized carbons (Fsp3) is 0.500. The van der Waals surface area contributed by atoms with E-state index in [0.717, 1.165) is 30.2 Å². The molecule has 2 aromatic heterocycles. The van der Waals surface area contributed by atoms with Crippen LogP contribution in [-0.4, -0.2) is 15.9 Å². The number of rotatable bonds is 4.